The van der Waals surface area contributed by atoms with Gasteiger partial charge in [0.2, 0.25) is 11.8 Å². The number of halogens is 1. The molecule has 5 heterocycles. The fraction of sp³-hybridized carbons (Fsp3) is 0.654. The van der Waals surface area contributed by atoms with Gasteiger partial charge in [-0.2, -0.15) is 4.39 Å². The lowest BCUT2D eigenvalue weighted by atomic mass is 9.95. The molecule has 0 aliphatic carbocycles. The molecular weight excluding hydrogens is 465 g/mol. The number of hydrogen-bond acceptors (Lipinski definition) is 5. The maximum atomic E-state index is 13.6. The molecule has 7 nitrogen and oxygen atoms in total. The lowest BCUT2D eigenvalue weighted by Gasteiger charge is -2.41. The Bertz CT molecular complexity index is 1080. The van der Waals surface area contributed by atoms with E-state index in [0.717, 1.165) is 66.5 Å². The van der Waals surface area contributed by atoms with Gasteiger partial charge >= 0.3 is 0 Å². The molecule has 3 aliphatic heterocycles. The van der Waals surface area contributed by atoms with E-state index in [4.69, 9.17) is 4.98 Å². The van der Waals surface area contributed by atoms with Crippen LogP contribution in [0.4, 0.5) is 4.39 Å². The number of rotatable bonds is 7. The van der Waals surface area contributed by atoms with Crippen molar-refractivity contribution < 1.29 is 14.0 Å². The predicted molar refractivity (Wildman–Crippen MR) is 134 cm³/mol. The molecule has 2 amide bonds. The molecule has 0 aromatic carbocycles. The highest BCUT2D eigenvalue weighted by atomic mass is 32.1. The third-order valence-electron chi connectivity index (χ3n) is 8.10. The van der Waals surface area contributed by atoms with E-state index in [-0.39, 0.29) is 23.0 Å². The van der Waals surface area contributed by atoms with Gasteiger partial charge in [0.1, 0.15) is 5.82 Å². The Morgan fingerprint density at radius 3 is 2.60 bits per heavy atom. The van der Waals surface area contributed by atoms with Gasteiger partial charge in [-0.25, -0.2) is 4.98 Å². The van der Waals surface area contributed by atoms with E-state index in [9.17, 15) is 14.0 Å². The minimum Gasteiger partial charge on any atom is -0.349 e. The topological polar surface area (TPSA) is 70.5 Å². The summed E-state index contributed by atoms with van der Waals surface area (Å²) in [6.07, 6.45) is 6.83. The van der Waals surface area contributed by atoms with Crippen LogP contribution < -0.4 is 5.32 Å². The van der Waals surface area contributed by atoms with Crippen molar-refractivity contribution in [3.05, 3.63) is 39.4 Å². The zero-order chi connectivity index (χ0) is 24.7. The minimum absolute atomic E-state index is 0.0787. The molecule has 3 aliphatic rings. The van der Waals surface area contributed by atoms with Crippen LogP contribution in [0.3, 0.4) is 0 Å². The molecule has 0 radical (unpaired) electrons. The van der Waals surface area contributed by atoms with E-state index in [1.54, 1.807) is 6.07 Å². The first-order chi connectivity index (χ1) is 16.8. The molecule has 2 aromatic rings. The van der Waals surface area contributed by atoms with Gasteiger partial charge in [-0.1, -0.05) is 6.92 Å². The largest absolute Gasteiger partial charge is 0.349 e. The van der Waals surface area contributed by atoms with Crippen LogP contribution in [-0.4, -0.2) is 56.3 Å². The molecule has 35 heavy (non-hydrogen) atoms. The molecule has 2 unspecified atom stereocenters. The third-order valence-corrected chi connectivity index (χ3v) is 9.09. The summed E-state index contributed by atoms with van der Waals surface area (Å²) in [6, 6.07) is 4.63. The van der Waals surface area contributed by atoms with Crippen LogP contribution in [0.5, 0.6) is 0 Å². The third kappa shape index (κ3) is 4.89. The maximum Gasteiger partial charge on any atom is 0.222 e. The second kappa shape index (κ2) is 10.0. The minimum atomic E-state index is -0.211. The summed E-state index contributed by atoms with van der Waals surface area (Å²) in [7, 11) is 0. The molecule has 2 aromatic heterocycles. The zero-order valence-electron chi connectivity index (χ0n) is 20.9. The number of nitrogens with one attached hydrogen (secondary N) is 1. The Hall–Kier alpha value is -2.26. The van der Waals surface area contributed by atoms with E-state index in [1.807, 2.05) is 11.8 Å². The number of aromatic nitrogens is 2. The molecule has 2 saturated heterocycles. The monoisotopic (exact) mass is 501 g/mol. The summed E-state index contributed by atoms with van der Waals surface area (Å²) in [6.45, 7) is 7.87. The highest BCUT2D eigenvalue weighted by molar-refractivity contribution is 7.10. The molecule has 0 spiro atoms. The summed E-state index contributed by atoms with van der Waals surface area (Å²) in [5.74, 6) is 1.20. The number of aryl methyl sites for hydroxylation is 1. The molecule has 2 bridgehead atoms. The number of imidazole rings is 1. The number of carbonyl (C=O) groups is 2. The number of fused-ring (bicyclic) bond motifs is 3. The Morgan fingerprint density at radius 1 is 1.23 bits per heavy atom. The van der Waals surface area contributed by atoms with Gasteiger partial charge in [0.05, 0.1) is 18.3 Å². The number of carbonyl (C=O) groups excluding carboxylic acids is 2. The quantitative estimate of drug-likeness (QED) is 0.620. The van der Waals surface area contributed by atoms with Crippen LogP contribution in [0, 0.1) is 12.1 Å². The lowest BCUT2D eigenvalue weighted by molar-refractivity contribution is -0.131. The van der Waals surface area contributed by atoms with Crippen LogP contribution in [0.1, 0.15) is 86.5 Å². The first-order valence-electron chi connectivity index (χ1n) is 13.0. The first-order valence-corrected chi connectivity index (χ1v) is 13.8. The zero-order valence-corrected chi connectivity index (χ0v) is 21.7. The second-order valence-electron chi connectivity index (χ2n) is 10.3. The SMILES string of the molecule is CCC(=O)N1CCc2c(nc(C)n2C2CC3CCC(C2)N3CC[C@H](NC(C)=O)c2ccc(F)s2)C1. The summed E-state index contributed by atoms with van der Waals surface area (Å²) in [4.78, 5) is 34.3. The maximum absolute atomic E-state index is 13.6. The fourth-order valence-electron chi connectivity index (χ4n) is 6.61. The molecule has 5 rings (SSSR count). The van der Waals surface area contributed by atoms with Crippen molar-refractivity contribution in [3.8, 4) is 0 Å². The van der Waals surface area contributed by atoms with Crippen molar-refractivity contribution in [1.82, 2.24) is 24.7 Å². The average Bonchev–Trinajstić information content (AvgIpc) is 3.47. The molecule has 1 N–H and O–H groups in total. The smallest absolute Gasteiger partial charge is 0.222 e. The van der Waals surface area contributed by atoms with Gasteiger partial charge in [-0.15, -0.1) is 11.3 Å². The Morgan fingerprint density at radius 2 is 1.97 bits per heavy atom. The highest BCUT2D eigenvalue weighted by Crippen LogP contribution is 2.43. The van der Waals surface area contributed by atoms with Gasteiger partial charge in [-0.3, -0.25) is 14.5 Å². The van der Waals surface area contributed by atoms with E-state index >= 15 is 0 Å². The summed E-state index contributed by atoms with van der Waals surface area (Å²) in [5, 5.41) is 2.81. The van der Waals surface area contributed by atoms with Crippen molar-refractivity contribution in [3.63, 3.8) is 0 Å². The molecule has 2 fully saturated rings. The number of piperidine rings is 1. The summed E-state index contributed by atoms with van der Waals surface area (Å²) < 4.78 is 16.1. The molecule has 9 heteroatoms. The van der Waals surface area contributed by atoms with Crippen LogP contribution in [0.25, 0.3) is 0 Å². The van der Waals surface area contributed by atoms with E-state index in [0.29, 0.717) is 31.1 Å². The number of nitrogens with zero attached hydrogens (tertiary/aromatic N) is 4. The molecule has 190 valence electrons. The number of thiophene rings is 1. The number of amides is 2. The van der Waals surface area contributed by atoms with Crippen molar-refractivity contribution >= 4 is 23.2 Å². The molecular formula is C26H36FN5O2S. The van der Waals surface area contributed by atoms with Gasteiger partial charge < -0.3 is 14.8 Å². The average molecular weight is 502 g/mol. The Balaban J connectivity index is 1.26. The van der Waals surface area contributed by atoms with Gasteiger partial charge in [0, 0.05) is 61.6 Å². The standard InChI is InChI=1S/C26H36FN5O2S/c1-4-26(34)30-11-10-23-22(15-30)28-16(2)32(23)20-13-18-5-6-19(14-20)31(18)12-9-21(29-17(3)33)24-7-8-25(27)35-24/h7-8,18-21H,4-6,9-15H2,1-3H3,(H,29,33)/t18?,19?,20?,21-/m0/s1. The number of hydrogen-bond donors (Lipinski definition) is 1. The van der Waals surface area contributed by atoms with Crippen molar-refractivity contribution in [2.75, 3.05) is 13.1 Å². The van der Waals surface area contributed by atoms with E-state index < -0.39 is 0 Å². The van der Waals surface area contributed by atoms with Gasteiger partial charge in [-0.05, 0) is 51.2 Å². The highest BCUT2D eigenvalue weighted by Gasteiger charge is 2.42. The summed E-state index contributed by atoms with van der Waals surface area (Å²) in [5.41, 5.74) is 2.40. The van der Waals surface area contributed by atoms with Crippen molar-refractivity contribution in [1.29, 1.82) is 0 Å². The Kier molecular flexibility index (Phi) is 6.99. The molecule has 3 atom stereocenters. The predicted octanol–water partition coefficient (Wildman–Crippen LogP) is 4.12. The van der Waals surface area contributed by atoms with Crippen LogP contribution in [-0.2, 0) is 22.6 Å². The van der Waals surface area contributed by atoms with Crippen molar-refractivity contribution in [2.24, 2.45) is 0 Å². The molecule has 0 saturated carbocycles. The first kappa shape index (κ1) is 24.4. The van der Waals surface area contributed by atoms with Gasteiger partial charge in [0.15, 0.2) is 5.13 Å². The van der Waals surface area contributed by atoms with Crippen LogP contribution in [0.2, 0.25) is 0 Å². The van der Waals surface area contributed by atoms with E-state index in [2.05, 4.69) is 21.7 Å². The van der Waals surface area contributed by atoms with E-state index in [1.165, 1.54) is 31.5 Å². The lowest BCUT2D eigenvalue weighted by Crippen LogP contribution is -2.45. The van der Waals surface area contributed by atoms with Crippen LogP contribution in [0.15, 0.2) is 12.1 Å². The fourth-order valence-corrected chi connectivity index (χ4v) is 7.42. The van der Waals surface area contributed by atoms with Crippen molar-refractivity contribution in [2.45, 2.75) is 96.4 Å². The second-order valence-corrected chi connectivity index (χ2v) is 11.3. The Labute approximate surface area is 210 Å². The normalized spacial score (nSPS) is 24.9. The van der Waals surface area contributed by atoms with Crippen LogP contribution >= 0.6 is 11.3 Å². The van der Waals surface area contributed by atoms with Gasteiger partial charge in [0.25, 0.3) is 0 Å². The summed E-state index contributed by atoms with van der Waals surface area (Å²) >= 11 is 1.12.